The molecule has 0 aliphatic heterocycles. The molecule has 0 atom stereocenters. The number of hydrogen-bond donors (Lipinski definition) is 3. The summed E-state index contributed by atoms with van der Waals surface area (Å²) < 4.78 is 0. The van der Waals surface area contributed by atoms with Crippen LogP contribution in [-0.4, -0.2) is 63.8 Å². The van der Waals surface area contributed by atoms with Gasteiger partial charge in [0.2, 0.25) is 0 Å². The number of nitrogens with one attached hydrogen (secondary N) is 1. The molecule has 1 heterocycles. The van der Waals surface area contributed by atoms with E-state index in [4.69, 9.17) is 48.1 Å². The fourth-order valence-electron chi connectivity index (χ4n) is 2.02. The standard InChI is InChI=1S/C14H7B4ClN2O4/c15-8-7(5-2-1-3-6(19)4-5)11(16)20-9(10(8)22)12(23)21-14(17,18)13(24)25/h1-4,22H,(H,21,23)(H,24,25). The molecule has 0 fully saturated rings. The van der Waals surface area contributed by atoms with Gasteiger partial charge in [-0.2, -0.15) is 0 Å². The van der Waals surface area contributed by atoms with Crippen LogP contribution in [-0.2, 0) is 4.79 Å². The van der Waals surface area contributed by atoms with Crippen LogP contribution in [0.4, 0.5) is 0 Å². The molecule has 0 aliphatic rings. The van der Waals surface area contributed by atoms with Crippen molar-refractivity contribution in [3.8, 4) is 16.9 Å². The monoisotopic (exact) mass is 346 g/mol. The summed E-state index contributed by atoms with van der Waals surface area (Å²) in [6, 6.07) is 6.43. The Bertz CT molecular complexity index is 876. The van der Waals surface area contributed by atoms with Gasteiger partial charge in [0.05, 0.1) is 5.34 Å². The van der Waals surface area contributed by atoms with Crippen molar-refractivity contribution in [1.82, 2.24) is 10.3 Å². The minimum Gasteiger partial charge on any atom is -0.506 e. The number of carboxylic acids is 1. The van der Waals surface area contributed by atoms with Gasteiger partial charge in [-0.3, -0.25) is 14.6 Å². The number of amides is 1. The molecule has 2 aromatic rings. The molecule has 8 radical (unpaired) electrons. The second-order valence-corrected chi connectivity index (χ2v) is 5.56. The molecular formula is C14H7B4ClN2O4. The van der Waals surface area contributed by atoms with Crippen LogP contribution in [0.1, 0.15) is 10.5 Å². The second-order valence-electron chi connectivity index (χ2n) is 5.12. The molecule has 0 saturated heterocycles. The molecule has 0 bridgehead atoms. The van der Waals surface area contributed by atoms with E-state index in [2.05, 4.69) is 4.98 Å². The van der Waals surface area contributed by atoms with E-state index in [9.17, 15) is 14.7 Å². The second kappa shape index (κ2) is 6.88. The zero-order chi connectivity index (χ0) is 18.9. The van der Waals surface area contributed by atoms with Crippen LogP contribution in [0.5, 0.6) is 5.75 Å². The molecule has 0 spiro atoms. The van der Waals surface area contributed by atoms with Crippen LogP contribution in [0.15, 0.2) is 24.3 Å². The normalized spacial score (nSPS) is 11.1. The van der Waals surface area contributed by atoms with E-state index < -0.39 is 28.7 Å². The third kappa shape index (κ3) is 3.85. The Kier molecular flexibility index (Phi) is 5.23. The molecule has 3 N–H and O–H groups in total. The van der Waals surface area contributed by atoms with Crippen molar-refractivity contribution in [3.63, 3.8) is 0 Å². The molecule has 0 aliphatic carbocycles. The lowest BCUT2D eigenvalue weighted by Crippen LogP contribution is -2.56. The van der Waals surface area contributed by atoms with Gasteiger partial charge in [0.15, 0.2) is 5.69 Å². The Hall–Kier alpha value is -2.34. The van der Waals surface area contributed by atoms with Crippen LogP contribution in [0.25, 0.3) is 11.1 Å². The number of rotatable bonds is 4. The number of aromatic hydroxyl groups is 1. The van der Waals surface area contributed by atoms with Crippen LogP contribution < -0.4 is 16.4 Å². The number of carbonyl (C=O) groups is 2. The summed E-state index contributed by atoms with van der Waals surface area (Å²) in [5.74, 6) is -3.57. The summed E-state index contributed by atoms with van der Waals surface area (Å²) in [5.41, 5.74) is -0.411. The van der Waals surface area contributed by atoms with E-state index >= 15 is 0 Å². The first kappa shape index (κ1) is 19.0. The molecule has 0 saturated carbocycles. The first-order valence-corrected chi connectivity index (χ1v) is 7.10. The SMILES string of the molecule is [B]c1nc(C(=O)NC([B])([B])C(=O)O)c(O)c([B])c1-c1cccc(Cl)c1. The fourth-order valence-corrected chi connectivity index (χ4v) is 2.21. The van der Waals surface area contributed by atoms with E-state index in [0.717, 1.165) is 0 Å². The molecule has 1 aromatic carbocycles. The Morgan fingerprint density at radius 3 is 2.44 bits per heavy atom. The van der Waals surface area contributed by atoms with Gasteiger partial charge in [-0.1, -0.05) is 23.7 Å². The molecule has 2 rings (SSSR count). The van der Waals surface area contributed by atoms with E-state index in [1.165, 1.54) is 0 Å². The van der Waals surface area contributed by atoms with Gasteiger partial charge in [-0.05, 0) is 34.3 Å². The third-order valence-corrected chi connectivity index (χ3v) is 3.47. The molecule has 116 valence electrons. The van der Waals surface area contributed by atoms with Gasteiger partial charge < -0.3 is 15.5 Å². The van der Waals surface area contributed by atoms with Gasteiger partial charge in [0.25, 0.3) is 5.91 Å². The lowest BCUT2D eigenvalue weighted by molar-refractivity contribution is -0.138. The summed E-state index contributed by atoms with van der Waals surface area (Å²) in [4.78, 5) is 26.7. The Morgan fingerprint density at radius 2 is 1.88 bits per heavy atom. The predicted molar refractivity (Wildman–Crippen MR) is 96.5 cm³/mol. The number of hydrogen-bond acceptors (Lipinski definition) is 4. The van der Waals surface area contributed by atoms with Gasteiger partial charge >= 0.3 is 5.97 Å². The number of halogens is 1. The van der Waals surface area contributed by atoms with E-state index in [0.29, 0.717) is 10.6 Å². The fraction of sp³-hybridized carbons (Fsp3) is 0.0714. The zero-order valence-electron chi connectivity index (χ0n) is 12.7. The summed E-state index contributed by atoms with van der Waals surface area (Å²) >= 11 is 5.91. The van der Waals surface area contributed by atoms with E-state index in [1.54, 1.807) is 29.6 Å². The summed E-state index contributed by atoms with van der Waals surface area (Å²) in [5, 5.41) is 18.6. The van der Waals surface area contributed by atoms with Gasteiger partial charge in [0, 0.05) is 5.02 Å². The van der Waals surface area contributed by atoms with Crippen LogP contribution >= 0.6 is 11.6 Å². The summed E-state index contributed by atoms with van der Waals surface area (Å²) in [6.07, 6.45) is 0. The first-order valence-electron chi connectivity index (χ1n) is 6.72. The maximum Gasteiger partial charge on any atom is 0.310 e. The van der Waals surface area contributed by atoms with Crippen LogP contribution in [0, 0.1) is 0 Å². The Morgan fingerprint density at radius 1 is 1.24 bits per heavy atom. The number of benzene rings is 1. The molecule has 0 unspecified atom stereocenters. The molecular weight excluding hydrogens is 339 g/mol. The van der Waals surface area contributed by atoms with E-state index in [1.807, 2.05) is 0 Å². The molecule has 1 aromatic heterocycles. The Balaban J connectivity index is 2.51. The summed E-state index contributed by atoms with van der Waals surface area (Å²) in [6.45, 7) is 0. The quantitative estimate of drug-likeness (QED) is 0.586. The predicted octanol–water partition coefficient (Wildman–Crippen LogP) is -1.50. The van der Waals surface area contributed by atoms with Crippen molar-refractivity contribution in [2.75, 3.05) is 0 Å². The van der Waals surface area contributed by atoms with Gasteiger partial charge in [-0.15, -0.1) is 0 Å². The smallest absolute Gasteiger partial charge is 0.310 e. The highest BCUT2D eigenvalue weighted by atomic mass is 35.5. The highest BCUT2D eigenvalue weighted by molar-refractivity contribution is 6.51. The number of carbonyl (C=O) groups excluding carboxylic acids is 1. The highest BCUT2D eigenvalue weighted by Crippen LogP contribution is 2.23. The van der Waals surface area contributed by atoms with Crippen molar-refractivity contribution >= 4 is 65.9 Å². The van der Waals surface area contributed by atoms with Crippen LogP contribution in [0.2, 0.25) is 5.02 Å². The number of carboxylic acid groups (broad SMARTS) is 1. The maximum atomic E-state index is 12.1. The largest absolute Gasteiger partial charge is 0.506 e. The maximum absolute atomic E-state index is 12.1. The summed E-state index contributed by atoms with van der Waals surface area (Å²) in [7, 11) is 22.1. The number of pyridine rings is 1. The molecule has 25 heavy (non-hydrogen) atoms. The van der Waals surface area contributed by atoms with Crippen molar-refractivity contribution in [2.24, 2.45) is 0 Å². The average molecular weight is 346 g/mol. The zero-order valence-corrected chi connectivity index (χ0v) is 13.4. The minimum absolute atomic E-state index is 0.168. The van der Waals surface area contributed by atoms with Crippen LogP contribution in [0.3, 0.4) is 0 Å². The van der Waals surface area contributed by atoms with E-state index in [-0.39, 0.29) is 16.6 Å². The van der Waals surface area contributed by atoms with Gasteiger partial charge in [-0.25, -0.2) is 0 Å². The van der Waals surface area contributed by atoms with Crippen molar-refractivity contribution < 1.29 is 19.8 Å². The molecule has 1 amide bonds. The third-order valence-electron chi connectivity index (χ3n) is 3.24. The minimum atomic E-state index is -2.57. The first-order chi connectivity index (χ1) is 11.5. The number of aromatic nitrogens is 1. The Labute approximate surface area is 153 Å². The van der Waals surface area contributed by atoms with Crippen molar-refractivity contribution in [2.45, 2.75) is 5.34 Å². The lowest BCUT2D eigenvalue weighted by atomic mass is 9.62. The lowest BCUT2D eigenvalue weighted by Gasteiger charge is -2.23. The molecule has 6 nitrogen and oxygen atoms in total. The topological polar surface area (TPSA) is 99.5 Å². The van der Waals surface area contributed by atoms with Crippen molar-refractivity contribution in [3.05, 3.63) is 35.0 Å². The average Bonchev–Trinajstić information content (AvgIpc) is 2.50. The van der Waals surface area contributed by atoms with Gasteiger partial charge in [0.1, 0.15) is 37.1 Å². The highest BCUT2D eigenvalue weighted by Gasteiger charge is 2.30. The molecule has 11 heteroatoms. The number of nitrogens with zero attached hydrogens (tertiary/aromatic N) is 1. The number of aliphatic carboxylic acids is 1. The van der Waals surface area contributed by atoms with Crippen molar-refractivity contribution in [1.29, 1.82) is 0 Å².